The number of ether oxygens (including phenoxy) is 2. The molecule has 2 spiro atoms. The van der Waals surface area contributed by atoms with Gasteiger partial charge in [0, 0.05) is 10.8 Å². The molecule has 29 heavy (non-hydrogen) atoms. The molecule has 0 aromatic heterocycles. The van der Waals surface area contributed by atoms with Gasteiger partial charge in [0.05, 0.1) is 17.6 Å². The van der Waals surface area contributed by atoms with Gasteiger partial charge in [-0.05, 0) is 56.0 Å². The molecule has 2 unspecified atom stereocenters. The van der Waals surface area contributed by atoms with E-state index in [0.29, 0.717) is 0 Å². The number of nitrogens with one attached hydrogen (secondary N) is 1. The summed E-state index contributed by atoms with van der Waals surface area (Å²) in [5.41, 5.74) is 0.471. The summed E-state index contributed by atoms with van der Waals surface area (Å²) in [5, 5.41) is 3.55. The predicted octanol–water partition coefficient (Wildman–Crippen LogP) is 4.15. The predicted molar refractivity (Wildman–Crippen MR) is 111 cm³/mol. The molecule has 2 aliphatic heterocycles. The van der Waals surface area contributed by atoms with Crippen LogP contribution in [0.1, 0.15) is 46.5 Å². The minimum Gasteiger partial charge on any atom is -0.454 e. The Bertz CT molecular complexity index is 928. The van der Waals surface area contributed by atoms with Gasteiger partial charge >= 0.3 is 0 Å². The number of rotatable bonds is 2. The number of carbonyl (C=O) groups excluding carboxylic acids is 1. The minimum absolute atomic E-state index is 0.102. The Morgan fingerprint density at radius 3 is 2.66 bits per heavy atom. The Labute approximate surface area is 173 Å². The number of allylic oxidation sites excluding steroid dienone is 1. The van der Waals surface area contributed by atoms with Crippen LogP contribution in [-0.2, 0) is 18.7 Å². The number of amides is 1. The summed E-state index contributed by atoms with van der Waals surface area (Å²) < 4.78 is 18.6. The van der Waals surface area contributed by atoms with Crippen LogP contribution in [0.4, 0.5) is 0 Å². The van der Waals surface area contributed by atoms with E-state index in [4.69, 9.17) is 13.9 Å². The van der Waals surface area contributed by atoms with Gasteiger partial charge in [-0.15, -0.1) is 0 Å². The molecule has 5 nitrogen and oxygen atoms in total. The first kappa shape index (κ1) is 18.3. The van der Waals surface area contributed by atoms with E-state index in [1.165, 1.54) is 5.57 Å². The SMILES string of the molecule is CC(C)(C)[Si](C)(C)O[C@@H]1CCCC=C2C[C@@]34C=C5OCOC5=CC35C(NC4=O)[C@@]215. The van der Waals surface area contributed by atoms with Crippen molar-refractivity contribution < 1.29 is 18.7 Å². The van der Waals surface area contributed by atoms with Gasteiger partial charge in [-0.25, -0.2) is 0 Å². The topological polar surface area (TPSA) is 56.8 Å². The molecule has 4 fully saturated rings. The Morgan fingerprint density at radius 1 is 1.21 bits per heavy atom. The maximum atomic E-state index is 13.2. The van der Waals surface area contributed by atoms with Crippen molar-refractivity contribution >= 4 is 14.2 Å². The number of piperidine rings is 1. The van der Waals surface area contributed by atoms with Crippen molar-refractivity contribution in [1.82, 2.24) is 5.32 Å². The van der Waals surface area contributed by atoms with Crippen LogP contribution in [0.2, 0.25) is 18.1 Å². The largest absolute Gasteiger partial charge is 0.454 e. The van der Waals surface area contributed by atoms with Crippen molar-refractivity contribution in [3.8, 4) is 0 Å². The van der Waals surface area contributed by atoms with E-state index in [1.807, 2.05) is 0 Å². The van der Waals surface area contributed by atoms with Gasteiger partial charge in [0.1, 0.15) is 0 Å². The highest BCUT2D eigenvalue weighted by atomic mass is 28.4. The van der Waals surface area contributed by atoms with Gasteiger partial charge in [-0.2, -0.15) is 0 Å². The monoisotopic (exact) mass is 413 g/mol. The summed E-state index contributed by atoms with van der Waals surface area (Å²) in [7, 11) is -1.96. The number of hydrogen-bond acceptors (Lipinski definition) is 4. The molecule has 6 heteroatoms. The molecule has 4 aliphatic carbocycles. The Hall–Kier alpha value is -1.53. The Kier molecular flexibility index (Phi) is 3.16. The highest BCUT2D eigenvalue weighted by molar-refractivity contribution is 6.74. The summed E-state index contributed by atoms with van der Waals surface area (Å²) in [6, 6.07) is 0.102. The lowest BCUT2D eigenvalue weighted by Crippen LogP contribution is -2.49. The lowest BCUT2D eigenvalue weighted by atomic mass is 9.69. The van der Waals surface area contributed by atoms with Gasteiger partial charge in [0.2, 0.25) is 12.7 Å². The third-order valence-corrected chi connectivity index (χ3v) is 13.6. The van der Waals surface area contributed by atoms with Crippen LogP contribution >= 0.6 is 0 Å². The molecule has 0 radical (unpaired) electrons. The van der Waals surface area contributed by atoms with Crippen molar-refractivity contribution in [2.45, 2.75) is 76.7 Å². The molecule has 1 amide bonds. The van der Waals surface area contributed by atoms with Gasteiger partial charge in [0.25, 0.3) is 0 Å². The lowest BCUT2D eigenvalue weighted by Gasteiger charge is -2.43. The van der Waals surface area contributed by atoms with Crippen molar-refractivity contribution in [3.05, 3.63) is 35.3 Å². The van der Waals surface area contributed by atoms with Gasteiger partial charge in [-0.1, -0.05) is 32.4 Å². The first-order valence-corrected chi connectivity index (χ1v) is 13.9. The van der Waals surface area contributed by atoms with E-state index in [2.05, 4.69) is 57.4 Å². The second-order valence-electron chi connectivity index (χ2n) is 11.2. The van der Waals surface area contributed by atoms with E-state index in [9.17, 15) is 4.79 Å². The molecule has 0 aromatic carbocycles. The average Bonchev–Trinajstić information content (AvgIpc) is 2.85. The zero-order valence-electron chi connectivity index (χ0n) is 18.1. The normalized spacial score (nSPS) is 44.0. The van der Waals surface area contributed by atoms with E-state index in [-0.39, 0.29) is 40.7 Å². The first-order chi connectivity index (χ1) is 13.6. The van der Waals surface area contributed by atoms with Crippen LogP contribution < -0.4 is 5.32 Å². The van der Waals surface area contributed by atoms with E-state index in [0.717, 1.165) is 37.2 Å². The van der Waals surface area contributed by atoms with Crippen LogP contribution in [0.5, 0.6) is 0 Å². The first-order valence-electron chi connectivity index (χ1n) is 11.0. The molecular formula is C23H31NO4Si. The van der Waals surface area contributed by atoms with Crippen LogP contribution in [-0.4, -0.2) is 33.2 Å². The molecular weight excluding hydrogens is 382 g/mol. The zero-order chi connectivity index (χ0) is 20.4. The molecule has 0 bridgehead atoms. The van der Waals surface area contributed by atoms with Crippen molar-refractivity contribution in [1.29, 1.82) is 0 Å². The van der Waals surface area contributed by atoms with Gasteiger partial charge < -0.3 is 19.2 Å². The molecule has 5 atom stereocenters. The van der Waals surface area contributed by atoms with Crippen LogP contribution in [0.25, 0.3) is 0 Å². The number of hydrogen-bond donors (Lipinski definition) is 1. The Balaban J connectivity index is 1.52. The van der Waals surface area contributed by atoms with Gasteiger partial charge in [-0.3, -0.25) is 4.79 Å². The molecule has 156 valence electrons. The second kappa shape index (κ2) is 5.02. The highest BCUT2D eigenvalue weighted by Crippen LogP contribution is 2.89. The molecule has 2 saturated carbocycles. The van der Waals surface area contributed by atoms with Crippen molar-refractivity contribution in [3.63, 3.8) is 0 Å². The molecule has 2 saturated heterocycles. The van der Waals surface area contributed by atoms with Crippen molar-refractivity contribution in [2.24, 2.45) is 16.2 Å². The maximum absolute atomic E-state index is 13.2. The molecule has 2 heterocycles. The Morgan fingerprint density at radius 2 is 1.93 bits per heavy atom. The standard InChI is InChI=1S/C23H31NO4Si/c1-20(2,3)29(4,5)28-17-9-7-6-8-14-10-21-11-15-16(27-13-26-15)12-22(21)18(23(14,17)22)24-19(21)25/h8,11-12,17-18H,6-7,9-10,13H2,1-5H3,(H,24,25)/t17-,18?,21+,22?,23-/m1/s1. The average molecular weight is 414 g/mol. The van der Waals surface area contributed by atoms with E-state index < -0.39 is 13.7 Å². The van der Waals surface area contributed by atoms with Crippen LogP contribution in [0.15, 0.2) is 35.3 Å². The molecule has 1 N–H and O–H groups in total. The number of carbonyl (C=O) groups is 1. The molecule has 6 rings (SSSR count). The van der Waals surface area contributed by atoms with Crippen LogP contribution in [0, 0.1) is 16.2 Å². The smallest absolute Gasteiger partial charge is 0.231 e. The third kappa shape index (κ3) is 1.78. The van der Waals surface area contributed by atoms with E-state index >= 15 is 0 Å². The summed E-state index contributed by atoms with van der Waals surface area (Å²) in [6.45, 7) is 11.9. The summed E-state index contributed by atoms with van der Waals surface area (Å²) in [5.74, 6) is 1.70. The molecule has 6 aliphatic rings. The lowest BCUT2D eigenvalue weighted by molar-refractivity contribution is -0.128. The summed E-state index contributed by atoms with van der Waals surface area (Å²) >= 11 is 0. The third-order valence-electron chi connectivity index (χ3n) is 9.15. The zero-order valence-corrected chi connectivity index (χ0v) is 19.1. The fourth-order valence-corrected chi connectivity index (χ4v) is 8.23. The summed E-state index contributed by atoms with van der Waals surface area (Å²) in [6.07, 6.45) is 10.9. The quantitative estimate of drug-likeness (QED) is 0.546. The van der Waals surface area contributed by atoms with Crippen molar-refractivity contribution in [2.75, 3.05) is 6.79 Å². The number of fused-ring (bicyclic) bond motifs is 1. The summed E-state index contributed by atoms with van der Waals surface area (Å²) in [4.78, 5) is 13.2. The molecule has 0 aromatic rings. The van der Waals surface area contributed by atoms with Gasteiger partial charge in [0.15, 0.2) is 19.8 Å². The fourth-order valence-electron chi connectivity index (χ4n) is 6.86. The fraction of sp³-hybridized carbons (Fsp3) is 0.696. The minimum atomic E-state index is -1.96. The van der Waals surface area contributed by atoms with E-state index in [1.54, 1.807) is 0 Å². The highest BCUT2D eigenvalue weighted by Gasteiger charge is 2.95. The second-order valence-corrected chi connectivity index (χ2v) is 16.0. The van der Waals surface area contributed by atoms with Crippen LogP contribution in [0.3, 0.4) is 0 Å². The maximum Gasteiger partial charge on any atom is 0.231 e.